The van der Waals surface area contributed by atoms with Crippen LogP contribution >= 0.6 is 0 Å². The Morgan fingerprint density at radius 1 is 1.21 bits per heavy atom. The van der Waals surface area contributed by atoms with Gasteiger partial charge in [0.25, 0.3) is 0 Å². The Labute approximate surface area is 170 Å². The van der Waals surface area contributed by atoms with Crippen molar-refractivity contribution in [2.75, 3.05) is 13.1 Å². The monoisotopic (exact) mass is 406 g/mol. The van der Waals surface area contributed by atoms with Gasteiger partial charge in [0.2, 0.25) is 11.8 Å². The second-order valence-corrected chi connectivity index (χ2v) is 7.35. The van der Waals surface area contributed by atoms with Crippen molar-refractivity contribution in [3.8, 4) is 5.75 Å². The normalized spacial score (nSPS) is 18.3. The van der Waals surface area contributed by atoms with E-state index in [0.29, 0.717) is 38.8 Å². The first-order valence-corrected chi connectivity index (χ1v) is 9.90. The summed E-state index contributed by atoms with van der Waals surface area (Å²) < 4.78 is 0. The molecular weight excluding hydrogens is 376 g/mol. The van der Waals surface area contributed by atoms with Crippen LogP contribution in [-0.2, 0) is 20.8 Å². The number of nitrogens with two attached hydrogens (primary N) is 2. The quantitative estimate of drug-likeness (QED) is 0.341. The molecule has 1 aromatic carbocycles. The maximum Gasteiger partial charge on any atom is 0.326 e. The molecule has 0 saturated carbocycles. The van der Waals surface area contributed by atoms with Gasteiger partial charge in [-0.15, -0.1) is 0 Å². The first-order chi connectivity index (χ1) is 13.8. The molecule has 1 aliphatic rings. The highest BCUT2D eigenvalue weighted by molar-refractivity contribution is 5.92. The molecule has 3 unspecified atom stereocenters. The maximum absolute atomic E-state index is 13.1. The lowest BCUT2D eigenvalue weighted by Gasteiger charge is -2.28. The molecule has 1 aromatic rings. The summed E-state index contributed by atoms with van der Waals surface area (Å²) in [6, 6.07) is 3.70. The van der Waals surface area contributed by atoms with E-state index in [1.165, 1.54) is 17.0 Å². The van der Waals surface area contributed by atoms with Crippen molar-refractivity contribution in [1.29, 1.82) is 0 Å². The van der Waals surface area contributed by atoms with E-state index < -0.39 is 35.9 Å². The summed E-state index contributed by atoms with van der Waals surface area (Å²) in [5.41, 5.74) is 12.1. The molecule has 0 spiro atoms. The number of phenols is 1. The van der Waals surface area contributed by atoms with Crippen molar-refractivity contribution >= 4 is 17.8 Å². The Bertz CT molecular complexity index is 709. The van der Waals surface area contributed by atoms with E-state index in [1.807, 2.05) is 0 Å². The fraction of sp³-hybridized carbons (Fsp3) is 0.550. The number of nitrogens with zero attached hydrogens (tertiary/aromatic N) is 1. The molecule has 1 heterocycles. The first kappa shape index (κ1) is 22.6. The average molecular weight is 406 g/mol. The zero-order chi connectivity index (χ0) is 21.4. The van der Waals surface area contributed by atoms with E-state index >= 15 is 0 Å². The zero-order valence-corrected chi connectivity index (χ0v) is 16.4. The number of carboxylic acid groups (broad SMARTS) is 1. The van der Waals surface area contributed by atoms with E-state index in [1.54, 1.807) is 12.1 Å². The minimum Gasteiger partial charge on any atom is -0.508 e. The molecule has 0 radical (unpaired) electrons. The smallest absolute Gasteiger partial charge is 0.326 e. The summed E-state index contributed by atoms with van der Waals surface area (Å²) in [6.07, 6.45) is 3.06. The Morgan fingerprint density at radius 3 is 2.52 bits per heavy atom. The molecule has 160 valence electrons. The number of amides is 2. The number of carboxylic acids is 1. The summed E-state index contributed by atoms with van der Waals surface area (Å²) in [4.78, 5) is 38.4. The first-order valence-electron chi connectivity index (χ1n) is 9.90. The summed E-state index contributed by atoms with van der Waals surface area (Å²) in [5.74, 6) is -1.85. The Morgan fingerprint density at radius 2 is 1.90 bits per heavy atom. The molecule has 2 amide bonds. The standard InChI is InChI=1S/C20H30N4O5/c21-10-2-1-4-15(22)18(26)23-16(12-13-6-8-14(25)9-7-13)19(27)24-11-3-5-17(24)20(28)29/h6-9,15-17,25H,1-5,10-12,21-22H2,(H,23,26)(H,28,29). The third kappa shape index (κ3) is 6.43. The summed E-state index contributed by atoms with van der Waals surface area (Å²) >= 11 is 0. The maximum atomic E-state index is 13.1. The van der Waals surface area contributed by atoms with E-state index in [-0.39, 0.29) is 12.2 Å². The number of hydrogen-bond acceptors (Lipinski definition) is 6. The third-order valence-corrected chi connectivity index (χ3v) is 5.12. The van der Waals surface area contributed by atoms with Crippen LogP contribution in [0.15, 0.2) is 24.3 Å². The lowest BCUT2D eigenvalue weighted by atomic mass is 10.0. The Hall–Kier alpha value is -2.65. The molecule has 29 heavy (non-hydrogen) atoms. The molecule has 1 saturated heterocycles. The number of nitrogens with one attached hydrogen (secondary N) is 1. The van der Waals surface area contributed by atoms with Gasteiger partial charge in [-0.25, -0.2) is 4.79 Å². The predicted octanol–water partition coefficient (Wildman–Crippen LogP) is -0.0486. The fourth-order valence-electron chi connectivity index (χ4n) is 3.47. The highest BCUT2D eigenvalue weighted by Crippen LogP contribution is 2.20. The number of hydrogen-bond donors (Lipinski definition) is 5. The summed E-state index contributed by atoms with van der Waals surface area (Å²) in [5, 5.41) is 21.5. The van der Waals surface area contributed by atoms with Gasteiger partial charge in [0.1, 0.15) is 17.8 Å². The van der Waals surface area contributed by atoms with Crippen LogP contribution in [0.25, 0.3) is 0 Å². The van der Waals surface area contributed by atoms with Crippen molar-refractivity contribution < 1.29 is 24.6 Å². The van der Waals surface area contributed by atoms with Crippen molar-refractivity contribution in [2.45, 2.75) is 56.7 Å². The molecule has 0 bridgehead atoms. The van der Waals surface area contributed by atoms with Crippen molar-refractivity contribution in [3.63, 3.8) is 0 Å². The zero-order valence-electron chi connectivity index (χ0n) is 16.4. The van der Waals surface area contributed by atoms with Crippen LogP contribution in [0.5, 0.6) is 5.75 Å². The number of rotatable bonds is 10. The number of aliphatic carboxylic acids is 1. The van der Waals surface area contributed by atoms with E-state index in [0.717, 1.165) is 12.0 Å². The number of benzene rings is 1. The molecule has 9 heteroatoms. The SMILES string of the molecule is NCCCCC(N)C(=O)NC(Cc1ccc(O)cc1)C(=O)N1CCCC1C(=O)O. The highest BCUT2D eigenvalue weighted by atomic mass is 16.4. The molecule has 0 aliphatic carbocycles. The van der Waals surface area contributed by atoms with Crippen LogP contribution < -0.4 is 16.8 Å². The fourth-order valence-corrected chi connectivity index (χ4v) is 3.47. The average Bonchev–Trinajstić information content (AvgIpc) is 3.18. The van der Waals surface area contributed by atoms with Gasteiger partial charge in [-0.3, -0.25) is 9.59 Å². The lowest BCUT2D eigenvalue weighted by Crippen LogP contribution is -2.55. The van der Waals surface area contributed by atoms with Crippen molar-refractivity contribution in [1.82, 2.24) is 10.2 Å². The van der Waals surface area contributed by atoms with Crippen LogP contribution in [0.1, 0.15) is 37.7 Å². The summed E-state index contributed by atoms with van der Waals surface area (Å²) in [6.45, 7) is 0.849. The second-order valence-electron chi connectivity index (χ2n) is 7.35. The Balaban J connectivity index is 2.14. The Kier molecular flexibility index (Phi) is 8.41. The molecule has 7 N–H and O–H groups in total. The second kappa shape index (κ2) is 10.8. The molecule has 3 atom stereocenters. The van der Waals surface area contributed by atoms with Gasteiger partial charge in [-0.1, -0.05) is 18.6 Å². The van der Waals surface area contributed by atoms with Gasteiger partial charge in [-0.05, 0) is 49.9 Å². The number of aromatic hydroxyl groups is 1. The molecule has 1 aliphatic heterocycles. The molecule has 0 aromatic heterocycles. The minimum atomic E-state index is -1.05. The van der Waals surface area contributed by atoms with E-state index in [2.05, 4.69) is 5.32 Å². The van der Waals surface area contributed by atoms with Crippen LogP contribution in [0.4, 0.5) is 0 Å². The topological polar surface area (TPSA) is 159 Å². The summed E-state index contributed by atoms with van der Waals surface area (Å²) in [7, 11) is 0. The van der Waals surface area contributed by atoms with Crippen molar-refractivity contribution in [3.05, 3.63) is 29.8 Å². The van der Waals surface area contributed by atoms with E-state index in [9.17, 15) is 24.6 Å². The molecule has 9 nitrogen and oxygen atoms in total. The van der Waals surface area contributed by atoms with Crippen LogP contribution in [0.3, 0.4) is 0 Å². The predicted molar refractivity (Wildman–Crippen MR) is 107 cm³/mol. The van der Waals surface area contributed by atoms with Crippen molar-refractivity contribution in [2.24, 2.45) is 11.5 Å². The van der Waals surface area contributed by atoms with Gasteiger partial charge in [-0.2, -0.15) is 0 Å². The largest absolute Gasteiger partial charge is 0.508 e. The third-order valence-electron chi connectivity index (χ3n) is 5.12. The number of carbonyl (C=O) groups is 3. The van der Waals surface area contributed by atoms with Crippen LogP contribution in [-0.4, -0.2) is 64.1 Å². The van der Waals surface area contributed by atoms with Gasteiger partial charge in [0.15, 0.2) is 0 Å². The number of phenolic OH excluding ortho intramolecular Hbond substituents is 1. The van der Waals surface area contributed by atoms with Gasteiger partial charge < -0.3 is 31.9 Å². The lowest BCUT2D eigenvalue weighted by molar-refractivity contribution is -0.149. The molecular formula is C20H30N4O5. The number of likely N-dealkylation sites (tertiary alicyclic amines) is 1. The van der Waals surface area contributed by atoms with Gasteiger partial charge >= 0.3 is 5.97 Å². The minimum absolute atomic E-state index is 0.0908. The van der Waals surface area contributed by atoms with E-state index in [4.69, 9.17) is 11.5 Å². The highest BCUT2D eigenvalue weighted by Gasteiger charge is 2.38. The van der Waals surface area contributed by atoms with Gasteiger partial charge in [0, 0.05) is 13.0 Å². The van der Waals surface area contributed by atoms with Crippen LogP contribution in [0, 0.1) is 0 Å². The number of carbonyl (C=O) groups excluding carboxylic acids is 2. The molecule has 1 fully saturated rings. The van der Waals surface area contributed by atoms with Gasteiger partial charge in [0.05, 0.1) is 6.04 Å². The number of unbranched alkanes of at least 4 members (excludes halogenated alkanes) is 1. The van der Waals surface area contributed by atoms with Crippen LogP contribution in [0.2, 0.25) is 0 Å². The molecule has 2 rings (SSSR count).